The van der Waals surface area contributed by atoms with Crippen LogP contribution in [0.5, 0.6) is 0 Å². The molecule has 1 aliphatic rings. The van der Waals surface area contributed by atoms with Crippen LogP contribution in [0.3, 0.4) is 0 Å². The second kappa shape index (κ2) is 7.40. The van der Waals surface area contributed by atoms with Crippen LogP contribution in [0.15, 0.2) is 6.33 Å². The summed E-state index contributed by atoms with van der Waals surface area (Å²) in [7, 11) is 0. The van der Waals surface area contributed by atoms with Crippen molar-refractivity contribution in [3.05, 3.63) is 12.2 Å². The first-order valence-electron chi connectivity index (χ1n) is 7.65. The maximum absolute atomic E-state index is 11.6. The Kier molecular flexibility index (Phi) is 5.55. The number of aromatic nitrogens is 3. The van der Waals surface area contributed by atoms with Crippen molar-refractivity contribution in [2.45, 2.75) is 52.2 Å². The highest BCUT2D eigenvalue weighted by Crippen LogP contribution is 2.12. The average Bonchev–Trinajstić information content (AvgIpc) is 2.94. The smallest absolute Gasteiger partial charge is 0.409 e. The number of piperidine rings is 1. The van der Waals surface area contributed by atoms with Crippen LogP contribution in [0.4, 0.5) is 4.79 Å². The minimum atomic E-state index is -0.199. The van der Waals surface area contributed by atoms with E-state index in [1.807, 2.05) is 11.6 Å². The molecule has 0 radical (unpaired) electrons. The summed E-state index contributed by atoms with van der Waals surface area (Å²) in [6, 6.07) is 0.725. The second-order valence-electron chi connectivity index (χ2n) is 5.56. The molecule has 1 amide bonds. The van der Waals surface area contributed by atoms with E-state index in [-0.39, 0.29) is 6.09 Å². The van der Waals surface area contributed by atoms with Gasteiger partial charge in [0.1, 0.15) is 12.2 Å². The maximum Gasteiger partial charge on any atom is 0.409 e. The van der Waals surface area contributed by atoms with Crippen LogP contribution >= 0.6 is 0 Å². The van der Waals surface area contributed by atoms with Crippen LogP contribution in [-0.4, -0.2) is 51.5 Å². The first kappa shape index (κ1) is 15.8. The van der Waals surface area contributed by atoms with Gasteiger partial charge in [0.2, 0.25) is 0 Å². The van der Waals surface area contributed by atoms with Crippen molar-refractivity contribution in [3.63, 3.8) is 0 Å². The largest absolute Gasteiger partial charge is 0.450 e. The van der Waals surface area contributed by atoms with Gasteiger partial charge in [-0.2, -0.15) is 5.10 Å². The summed E-state index contributed by atoms with van der Waals surface area (Å²) in [6.07, 6.45) is 3.28. The van der Waals surface area contributed by atoms with E-state index in [9.17, 15) is 4.79 Å². The normalized spacial score (nSPS) is 16.5. The number of nitrogens with one attached hydrogen (secondary N) is 1. The van der Waals surface area contributed by atoms with E-state index >= 15 is 0 Å². The molecule has 0 unspecified atom stereocenters. The molecule has 7 nitrogen and oxygen atoms in total. The Bertz CT molecular complexity index is 452. The molecule has 21 heavy (non-hydrogen) atoms. The van der Waals surface area contributed by atoms with E-state index < -0.39 is 0 Å². The molecule has 1 N–H and O–H groups in total. The van der Waals surface area contributed by atoms with Crippen molar-refractivity contribution in [1.29, 1.82) is 0 Å². The second-order valence-corrected chi connectivity index (χ2v) is 5.56. The van der Waals surface area contributed by atoms with Crippen molar-refractivity contribution < 1.29 is 9.53 Å². The van der Waals surface area contributed by atoms with Crippen molar-refractivity contribution >= 4 is 6.09 Å². The molecule has 0 atom stereocenters. The molecule has 1 fully saturated rings. The molecule has 1 aliphatic heterocycles. The third-order valence-corrected chi connectivity index (χ3v) is 3.71. The maximum atomic E-state index is 11.6. The van der Waals surface area contributed by atoms with Crippen molar-refractivity contribution in [1.82, 2.24) is 25.0 Å². The van der Waals surface area contributed by atoms with Crippen LogP contribution in [0.25, 0.3) is 0 Å². The van der Waals surface area contributed by atoms with Gasteiger partial charge in [-0.05, 0) is 33.6 Å². The number of likely N-dealkylation sites (tertiary alicyclic amines) is 1. The van der Waals surface area contributed by atoms with Gasteiger partial charge in [-0.3, -0.25) is 0 Å². The molecule has 0 bridgehead atoms. The molecule has 118 valence electrons. The quantitative estimate of drug-likeness (QED) is 0.892. The molecule has 0 aliphatic carbocycles. The van der Waals surface area contributed by atoms with Crippen LogP contribution in [0, 0.1) is 0 Å². The summed E-state index contributed by atoms with van der Waals surface area (Å²) >= 11 is 0. The first-order chi connectivity index (χ1) is 10.1. The fourth-order valence-corrected chi connectivity index (χ4v) is 2.55. The minimum absolute atomic E-state index is 0.199. The molecule has 0 aromatic carbocycles. The summed E-state index contributed by atoms with van der Waals surface area (Å²) in [5.74, 6) is 0.956. The van der Waals surface area contributed by atoms with Gasteiger partial charge in [0.25, 0.3) is 0 Å². The molecule has 0 spiro atoms. The number of hydrogen-bond donors (Lipinski definition) is 1. The zero-order valence-electron chi connectivity index (χ0n) is 13.1. The van der Waals surface area contributed by atoms with Gasteiger partial charge < -0.3 is 15.0 Å². The molecule has 1 aromatic rings. The monoisotopic (exact) mass is 295 g/mol. The molecule has 7 heteroatoms. The SMILES string of the molecule is CCOC(=O)N1CCC(NCc2ncnn2C(C)C)CC1. The fourth-order valence-electron chi connectivity index (χ4n) is 2.55. The number of hydrogen-bond acceptors (Lipinski definition) is 5. The number of ether oxygens (including phenoxy) is 1. The van der Waals surface area contributed by atoms with E-state index in [1.165, 1.54) is 0 Å². The zero-order valence-corrected chi connectivity index (χ0v) is 13.1. The number of rotatable bonds is 5. The Labute approximate surface area is 125 Å². The molecule has 0 saturated carbocycles. The van der Waals surface area contributed by atoms with Gasteiger partial charge >= 0.3 is 6.09 Å². The highest BCUT2D eigenvalue weighted by Gasteiger charge is 2.23. The van der Waals surface area contributed by atoms with E-state index in [0.29, 0.717) is 25.2 Å². The minimum Gasteiger partial charge on any atom is -0.450 e. The van der Waals surface area contributed by atoms with Crippen molar-refractivity contribution in [2.24, 2.45) is 0 Å². The third kappa shape index (κ3) is 4.17. The molecule has 2 heterocycles. The lowest BCUT2D eigenvalue weighted by molar-refractivity contribution is 0.0949. The summed E-state index contributed by atoms with van der Waals surface area (Å²) in [5.41, 5.74) is 0. The Hall–Kier alpha value is -1.63. The highest BCUT2D eigenvalue weighted by atomic mass is 16.6. The Morgan fingerprint density at radius 2 is 2.19 bits per heavy atom. The summed E-state index contributed by atoms with van der Waals surface area (Å²) < 4.78 is 6.95. The molecular formula is C14H25N5O2. The van der Waals surface area contributed by atoms with Gasteiger partial charge in [0.15, 0.2) is 0 Å². The Morgan fingerprint density at radius 1 is 1.48 bits per heavy atom. The van der Waals surface area contributed by atoms with Crippen molar-refractivity contribution in [3.8, 4) is 0 Å². The van der Waals surface area contributed by atoms with E-state index in [1.54, 1.807) is 11.2 Å². The number of amides is 1. The lowest BCUT2D eigenvalue weighted by atomic mass is 10.1. The van der Waals surface area contributed by atoms with E-state index in [0.717, 1.165) is 31.8 Å². The summed E-state index contributed by atoms with van der Waals surface area (Å²) in [5, 5.41) is 7.74. The molecular weight excluding hydrogens is 270 g/mol. The lowest BCUT2D eigenvalue weighted by Gasteiger charge is -2.31. The van der Waals surface area contributed by atoms with Gasteiger partial charge in [0, 0.05) is 25.2 Å². The lowest BCUT2D eigenvalue weighted by Crippen LogP contribution is -2.45. The molecule has 1 saturated heterocycles. The van der Waals surface area contributed by atoms with Crippen LogP contribution in [0.2, 0.25) is 0 Å². The highest BCUT2D eigenvalue weighted by molar-refractivity contribution is 5.67. The number of nitrogens with zero attached hydrogens (tertiary/aromatic N) is 4. The van der Waals surface area contributed by atoms with Crippen LogP contribution < -0.4 is 5.32 Å². The molecule has 1 aromatic heterocycles. The number of carbonyl (C=O) groups is 1. The van der Waals surface area contributed by atoms with Gasteiger partial charge in [-0.25, -0.2) is 14.5 Å². The van der Waals surface area contributed by atoms with Crippen molar-refractivity contribution in [2.75, 3.05) is 19.7 Å². The predicted octanol–water partition coefficient (Wildman–Crippen LogP) is 1.57. The fraction of sp³-hybridized carbons (Fsp3) is 0.786. The standard InChI is InChI=1S/C14H25N5O2/c1-4-21-14(20)18-7-5-12(6-8-18)15-9-13-16-10-17-19(13)11(2)3/h10-12,15H,4-9H2,1-3H3. The van der Waals surface area contributed by atoms with Gasteiger partial charge in [-0.1, -0.05) is 0 Å². The topological polar surface area (TPSA) is 72.3 Å². The number of carbonyl (C=O) groups excluding carboxylic acids is 1. The van der Waals surface area contributed by atoms with E-state index in [2.05, 4.69) is 29.2 Å². The molecule has 2 rings (SSSR count). The van der Waals surface area contributed by atoms with Gasteiger partial charge in [0.05, 0.1) is 13.2 Å². The average molecular weight is 295 g/mol. The third-order valence-electron chi connectivity index (χ3n) is 3.71. The van der Waals surface area contributed by atoms with Gasteiger partial charge in [-0.15, -0.1) is 0 Å². The predicted molar refractivity (Wildman–Crippen MR) is 78.9 cm³/mol. The van der Waals surface area contributed by atoms with Crippen LogP contribution in [-0.2, 0) is 11.3 Å². The summed E-state index contributed by atoms with van der Waals surface area (Å²) in [4.78, 5) is 17.7. The Morgan fingerprint density at radius 3 is 2.81 bits per heavy atom. The van der Waals surface area contributed by atoms with Crippen LogP contribution in [0.1, 0.15) is 45.5 Å². The summed E-state index contributed by atoms with van der Waals surface area (Å²) in [6.45, 7) is 8.65. The first-order valence-corrected chi connectivity index (χ1v) is 7.65. The van der Waals surface area contributed by atoms with E-state index in [4.69, 9.17) is 4.74 Å². The Balaban J connectivity index is 1.76. The zero-order chi connectivity index (χ0) is 15.2.